The van der Waals surface area contributed by atoms with Crippen LogP contribution in [0.4, 0.5) is 4.79 Å². The molecular formula is C14H21BrN2O3S. The first kappa shape index (κ1) is 16.7. The molecule has 7 heteroatoms. The molecular weight excluding hydrogens is 356 g/mol. The van der Waals surface area contributed by atoms with Gasteiger partial charge in [0.05, 0.1) is 18.8 Å². The number of thiazole rings is 1. The lowest BCUT2D eigenvalue weighted by Crippen LogP contribution is -2.34. The van der Waals surface area contributed by atoms with Crippen LogP contribution in [0.3, 0.4) is 0 Å². The van der Waals surface area contributed by atoms with Crippen molar-refractivity contribution >= 4 is 33.4 Å². The topological polar surface area (TPSA) is 51.7 Å². The molecule has 2 heterocycles. The van der Waals surface area contributed by atoms with E-state index in [4.69, 9.17) is 9.47 Å². The zero-order chi connectivity index (χ0) is 15.6. The van der Waals surface area contributed by atoms with E-state index in [0.717, 1.165) is 29.2 Å². The second-order valence-corrected chi connectivity index (χ2v) is 8.48. The first-order chi connectivity index (χ1) is 9.76. The lowest BCUT2D eigenvalue weighted by Gasteiger charge is -2.24. The lowest BCUT2D eigenvalue weighted by atomic mass is 10.1. The molecule has 1 aromatic heterocycles. The maximum Gasteiger partial charge on any atom is 0.410 e. The van der Waals surface area contributed by atoms with Crippen molar-refractivity contribution in [2.45, 2.75) is 45.3 Å². The third-order valence-electron chi connectivity index (χ3n) is 3.09. The maximum atomic E-state index is 12.0. The van der Waals surface area contributed by atoms with Crippen molar-refractivity contribution in [3.05, 3.63) is 14.5 Å². The van der Waals surface area contributed by atoms with E-state index in [1.807, 2.05) is 20.8 Å². The van der Waals surface area contributed by atoms with Crippen LogP contribution < -0.4 is 0 Å². The number of hydrogen-bond acceptors (Lipinski definition) is 5. The van der Waals surface area contributed by atoms with Crippen molar-refractivity contribution in [3.63, 3.8) is 0 Å². The Kier molecular flexibility index (Phi) is 5.27. The lowest BCUT2D eigenvalue weighted by molar-refractivity contribution is 0.0283. The largest absolute Gasteiger partial charge is 0.444 e. The average Bonchev–Trinajstić information content (AvgIpc) is 2.96. The zero-order valence-electron chi connectivity index (χ0n) is 12.8. The van der Waals surface area contributed by atoms with Crippen molar-refractivity contribution in [2.75, 3.05) is 20.3 Å². The fraction of sp³-hybridized carbons (Fsp3) is 0.714. The predicted octanol–water partition coefficient (Wildman–Crippen LogP) is 3.78. The predicted molar refractivity (Wildman–Crippen MR) is 85.7 cm³/mol. The molecule has 0 saturated carbocycles. The van der Waals surface area contributed by atoms with E-state index in [1.54, 1.807) is 23.3 Å². The van der Waals surface area contributed by atoms with Gasteiger partial charge in [0.2, 0.25) is 0 Å². The molecule has 118 valence electrons. The minimum Gasteiger partial charge on any atom is -0.444 e. The average molecular weight is 377 g/mol. The molecule has 1 aliphatic rings. The van der Waals surface area contributed by atoms with Crippen LogP contribution in [0.5, 0.6) is 0 Å². The van der Waals surface area contributed by atoms with Crippen molar-refractivity contribution in [3.8, 4) is 0 Å². The monoisotopic (exact) mass is 376 g/mol. The Labute approximate surface area is 137 Å². The summed E-state index contributed by atoms with van der Waals surface area (Å²) in [6.45, 7) is 7.56. The molecule has 5 nitrogen and oxygen atoms in total. The van der Waals surface area contributed by atoms with Crippen molar-refractivity contribution in [1.29, 1.82) is 0 Å². The van der Waals surface area contributed by atoms with E-state index >= 15 is 0 Å². The van der Waals surface area contributed by atoms with Crippen LogP contribution in [0.25, 0.3) is 0 Å². The number of ether oxygens (including phenoxy) is 2. The van der Waals surface area contributed by atoms with Crippen LogP contribution in [0.2, 0.25) is 0 Å². The van der Waals surface area contributed by atoms with Gasteiger partial charge in [-0.2, -0.15) is 0 Å². The number of nitrogens with zero attached hydrogens (tertiary/aromatic N) is 2. The smallest absolute Gasteiger partial charge is 0.410 e. The first-order valence-electron chi connectivity index (χ1n) is 6.93. The molecule has 0 bridgehead atoms. The molecule has 0 aliphatic carbocycles. The number of aromatic nitrogens is 1. The van der Waals surface area contributed by atoms with Gasteiger partial charge in [0.1, 0.15) is 5.60 Å². The second kappa shape index (κ2) is 6.62. The van der Waals surface area contributed by atoms with Crippen LogP contribution >= 0.6 is 27.3 Å². The minimum atomic E-state index is -0.490. The third-order valence-corrected chi connectivity index (χ3v) is 4.81. The zero-order valence-corrected chi connectivity index (χ0v) is 15.2. The van der Waals surface area contributed by atoms with Crippen LogP contribution in [-0.4, -0.2) is 41.8 Å². The van der Waals surface area contributed by atoms with Gasteiger partial charge in [-0.15, -0.1) is 11.3 Å². The molecule has 0 aromatic carbocycles. The number of hydrogen-bond donors (Lipinski definition) is 0. The van der Waals surface area contributed by atoms with Crippen LogP contribution in [0, 0.1) is 0 Å². The summed E-state index contributed by atoms with van der Waals surface area (Å²) in [6.07, 6.45) is 0.679. The highest BCUT2D eigenvalue weighted by Gasteiger charge is 2.26. The van der Waals surface area contributed by atoms with Crippen LogP contribution in [0.1, 0.15) is 43.7 Å². The Morgan fingerprint density at radius 1 is 1.57 bits per heavy atom. The summed E-state index contributed by atoms with van der Waals surface area (Å²) in [5, 5.41) is 0. The van der Waals surface area contributed by atoms with E-state index in [1.165, 1.54) is 4.88 Å². The van der Waals surface area contributed by atoms with Gasteiger partial charge in [0.25, 0.3) is 0 Å². The third kappa shape index (κ3) is 4.66. The van der Waals surface area contributed by atoms with E-state index in [0.29, 0.717) is 12.5 Å². The van der Waals surface area contributed by atoms with Gasteiger partial charge in [-0.05, 0) is 43.1 Å². The van der Waals surface area contributed by atoms with Gasteiger partial charge in [0.15, 0.2) is 3.92 Å². The molecule has 2 rings (SSSR count). The second-order valence-electron chi connectivity index (χ2n) is 6.17. The quantitative estimate of drug-likeness (QED) is 0.805. The van der Waals surface area contributed by atoms with Gasteiger partial charge < -0.3 is 14.4 Å². The standard InChI is InChI=1S/C14H21BrN2O3S/c1-14(2,3)20-13(18)17(4)7-10-11(21-12(15)16-10)9-5-6-19-8-9/h9H,5-8H2,1-4H3. The van der Waals surface area contributed by atoms with Crippen LogP contribution in [0.15, 0.2) is 3.92 Å². The molecule has 1 saturated heterocycles. The van der Waals surface area contributed by atoms with Gasteiger partial charge >= 0.3 is 6.09 Å². The molecule has 1 fully saturated rings. The van der Waals surface area contributed by atoms with E-state index in [-0.39, 0.29) is 6.09 Å². The SMILES string of the molecule is CN(Cc1nc(Br)sc1C1CCOC1)C(=O)OC(C)(C)C. The van der Waals surface area contributed by atoms with Crippen molar-refractivity contribution in [2.24, 2.45) is 0 Å². The van der Waals surface area contributed by atoms with Gasteiger partial charge in [0, 0.05) is 24.4 Å². The number of rotatable bonds is 3. The molecule has 0 radical (unpaired) electrons. The molecule has 0 N–H and O–H groups in total. The Morgan fingerprint density at radius 3 is 2.86 bits per heavy atom. The molecule has 1 atom stereocenters. The highest BCUT2D eigenvalue weighted by molar-refractivity contribution is 9.11. The Balaban J connectivity index is 2.06. The summed E-state index contributed by atoms with van der Waals surface area (Å²) in [6, 6.07) is 0. The van der Waals surface area contributed by atoms with E-state index < -0.39 is 5.60 Å². The highest BCUT2D eigenvalue weighted by Crippen LogP contribution is 2.35. The van der Waals surface area contributed by atoms with Crippen molar-refractivity contribution in [1.82, 2.24) is 9.88 Å². The molecule has 1 aliphatic heterocycles. The Hall–Kier alpha value is -0.660. The number of halogens is 1. The number of amides is 1. The molecule has 21 heavy (non-hydrogen) atoms. The fourth-order valence-corrected chi connectivity index (χ4v) is 3.79. The summed E-state index contributed by atoms with van der Waals surface area (Å²) >= 11 is 5.06. The maximum absolute atomic E-state index is 12.0. The fourth-order valence-electron chi connectivity index (χ4n) is 2.14. The first-order valence-corrected chi connectivity index (χ1v) is 8.54. The highest BCUT2D eigenvalue weighted by atomic mass is 79.9. The number of carbonyl (C=O) groups is 1. The Morgan fingerprint density at radius 2 is 2.29 bits per heavy atom. The molecule has 0 spiro atoms. The normalized spacial score (nSPS) is 18.8. The summed E-state index contributed by atoms with van der Waals surface area (Å²) in [4.78, 5) is 19.3. The minimum absolute atomic E-state index is 0.333. The summed E-state index contributed by atoms with van der Waals surface area (Å²) in [7, 11) is 1.73. The van der Waals surface area contributed by atoms with Crippen molar-refractivity contribution < 1.29 is 14.3 Å². The summed E-state index contributed by atoms with van der Waals surface area (Å²) < 4.78 is 11.7. The van der Waals surface area contributed by atoms with Gasteiger partial charge in [-0.1, -0.05) is 0 Å². The van der Waals surface area contributed by atoms with E-state index in [2.05, 4.69) is 20.9 Å². The summed E-state index contributed by atoms with van der Waals surface area (Å²) in [5.74, 6) is 0.385. The van der Waals surface area contributed by atoms with Crippen LogP contribution in [-0.2, 0) is 16.0 Å². The molecule has 1 unspecified atom stereocenters. The summed E-state index contributed by atoms with van der Waals surface area (Å²) in [5.41, 5.74) is 0.437. The Bertz CT molecular complexity index is 507. The van der Waals surface area contributed by atoms with E-state index in [9.17, 15) is 4.79 Å². The molecule has 1 aromatic rings. The van der Waals surface area contributed by atoms with Gasteiger partial charge in [-0.3, -0.25) is 0 Å². The molecule has 1 amide bonds. The number of carbonyl (C=O) groups excluding carboxylic acids is 1. The van der Waals surface area contributed by atoms with Gasteiger partial charge in [-0.25, -0.2) is 9.78 Å².